The lowest BCUT2D eigenvalue weighted by atomic mass is 10.1. The first-order valence-corrected chi connectivity index (χ1v) is 12.7. The van der Waals surface area contributed by atoms with Crippen LogP contribution >= 0.6 is 11.8 Å². The van der Waals surface area contributed by atoms with Crippen LogP contribution in [0.15, 0.2) is 54.7 Å². The summed E-state index contributed by atoms with van der Waals surface area (Å²) in [5.74, 6) is 7.10. The summed E-state index contributed by atoms with van der Waals surface area (Å²) in [6.07, 6.45) is 5.41. The zero-order chi connectivity index (χ0) is 26.2. The normalized spacial score (nSPS) is 14.3. The Morgan fingerprint density at radius 2 is 1.85 bits per heavy atom. The maximum atomic E-state index is 8.78. The van der Waals surface area contributed by atoms with Gasteiger partial charge in [-0.2, -0.15) is 11.8 Å². The minimum absolute atomic E-state index is 0.186. The van der Waals surface area contributed by atoms with Gasteiger partial charge in [-0.1, -0.05) is 49.7 Å². The first-order chi connectivity index (χ1) is 16.5. The summed E-state index contributed by atoms with van der Waals surface area (Å²) >= 11 is 1.83. The van der Waals surface area contributed by atoms with Crippen LogP contribution in [0.25, 0.3) is 5.70 Å². The Labute approximate surface area is 210 Å². The quantitative estimate of drug-likeness (QED) is 0.311. The van der Waals surface area contributed by atoms with Crippen LogP contribution < -0.4 is 21.7 Å². The number of hydrogen-bond acceptors (Lipinski definition) is 8. The van der Waals surface area contributed by atoms with E-state index in [9.17, 15) is 0 Å². The Morgan fingerprint density at radius 1 is 1.21 bits per heavy atom. The summed E-state index contributed by atoms with van der Waals surface area (Å²) in [7, 11) is 2.68. The van der Waals surface area contributed by atoms with Crippen molar-refractivity contribution in [3.8, 4) is 5.75 Å². The van der Waals surface area contributed by atoms with Crippen LogP contribution in [0, 0.1) is 6.92 Å². The highest BCUT2D eigenvalue weighted by Gasteiger charge is 2.08. The monoisotopic (exact) mass is 495 g/mol. The number of benzene rings is 2. The number of nitrogens with one attached hydrogen (secondary N) is 1. The molecule has 7 N–H and O–H groups in total. The van der Waals surface area contributed by atoms with Crippen molar-refractivity contribution in [3.63, 3.8) is 0 Å². The minimum Gasteiger partial charge on any atom is -0.497 e. The molecule has 0 spiro atoms. The molecule has 1 atom stereocenters. The number of hydrazine groups is 1. The number of aryl methyl sites for hydroxylation is 1. The van der Waals surface area contributed by atoms with E-state index in [2.05, 4.69) is 23.8 Å². The smallest absolute Gasteiger partial charge is 0.118 e. The molecule has 2 aromatic rings. The molecular weight excluding hydrogens is 450 g/mol. The van der Waals surface area contributed by atoms with Gasteiger partial charge in [0, 0.05) is 25.7 Å². The highest BCUT2D eigenvalue weighted by molar-refractivity contribution is 7.97. The van der Waals surface area contributed by atoms with Crippen molar-refractivity contribution >= 4 is 17.5 Å². The van der Waals surface area contributed by atoms with E-state index >= 15 is 0 Å². The predicted octanol–water partition coefficient (Wildman–Crippen LogP) is 4.07. The van der Waals surface area contributed by atoms with Gasteiger partial charge in [0.15, 0.2) is 0 Å². The van der Waals surface area contributed by atoms with Gasteiger partial charge in [-0.15, -0.1) is 0 Å². The van der Waals surface area contributed by atoms with Gasteiger partial charge in [-0.3, -0.25) is 5.84 Å². The number of rotatable bonds is 5. The number of methoxy groups -OCH3 is 1. The van der Waals surface area contributed by atoms with Gasteiger partial charge in [0.25, 0.3) is 0 Å². The van der Waals surface area contributed by atoms with E-state index < -0.39 is 0 Å². The highest BCUT2D eigenvalue weighted by atomic mass is 32.2. The number of aliphatic hydroxyl groups excluding tert-OH is 2. The molecular formula is C26H45N3O4S. The third-order valence-electron chi connectivity index (χ3n) is 4.20. The van der Waals surface area contributed by atoms with Crippen LogP contribution in [0.3, 0.4) is 0 Å². The molecule has 2 aromatic carbocycles. The third kappa shape index (κ3) is 17.3. The second-order valence-electron chi connectivity index (χ2n) is 6.79. The molecule has 0 aromatic heterocycles. The molecule has 0 bridgehead atoms. The topological polar surface area (TPSA) is 123 Å². The first kappa shape index (κ1) is 33.9. The Bertz CT molecular complexity index is 737. The summed E-state index contributed by atoms with van der Waals surface area (Å²) < 4.78 is 9.97. The SMILES string of the molecule is CC.CO.COc1ccc(CSC)cc1.Cc1cccc(/C(N)=C/NN)c1.OC1CCCOC1. The van der Waals surface area contributed by atoms with Gasteiger partial charge in [0.1, 0.15) is 5.75 Å². The first-order valence-electron chi connectivity index (χ1n) is 11.3. The Morgan fingerprint density at radius 3 is 2.26 bits per heavy atom. The molecule has 0 radical (unpaired) electrons. The molecule has 34 heavy (non-hydrogen) atoms. The lowest BCUT2D eigenvalue weighted by Crippen LogP contribution is -2.21. The number of hydrogen-bond donors (Lipinski definition) is 5. The van der Waals surface area contributed by atoms with Gasteiger partial charge >= 0.3 is 0 Å². The molecule has 0 amide bonds. The van der Waals surface area contributed by atoms with Crippen molar-refractivity contribution in [1.82, 2.24) is 5.43 Å². The van der Waals surface area contributed by atoms with Gasteiger partial charge < -0.3 is 30.8 Å². The maximum absolute atomic E-state index is 8.78. The van der Waals surface area contributed by atoms with Crippen LogP contribution in [-0.4, -0.2) is 50.0 Å². The molecule has 1 heterocycles. The van der Waals surface area contributed by atoms with Gasteiger partial charge in [0.05, 0.1) is 25.5 Å². The van der Waals surface area contributed by atoms with Crippen molar-refractivity contribution in [2.45, 2.75) is 45.5 Å². The van der Waals surface area contributed by atoms with Crippen LogP contribution in [0.4, 0.5) is 0 Å². The second kappa shape index (κ2) is 23.9. The molecule has 3 rings (SSSR count). The van der Waals surface area contributed by atoms with Crippen LogP contribution in [0.5, 0.6) is 5.75 Å². The van der Waals surface area contributed by atoms with E-state index in [0.717, 1.165) is 43.6 Å². The zero-order valence-corrected chi connectivity index (χ0v) is 22.4. The van der Waals surface area contributed by atoms with E-state index in [1.54, 1.807) is 13.3 Å². The number of ether oxygens (including phenoxy) is 2. The summed E-state index contributed by atoms with van der Waals surface area (Å²) in [5, 5.41) is 15.8. The molecule has 0 saturated carbocycles. The molecule has 194 valence electrons. The third-order valence-corrected chi connectivity index (χ3v) is 4.82. The maximum Gasteiger partial charge on any atom is 0.118 e. The highest BCUT2D eigenvalue weighted by Crippen LogP contribution is 2.14. The summed E-state index contributed by atoms with van der Waals surface area (Å²) in [5.41, 5.74) is 12.2. The summed E-state index contributed by atoms with van der Waals surface area (Å²) in [6.45, 7) is 7.39. The molecule has 1 saturated heterocycles. The van der Waals surface area contributed by atoms with Crippen LogP contribution in [0.2, 0.25) is 0 Å². The fraction of sp³-hybridized carbons (Fsp3) is 0.462. The Hall–Kier alpha value is -2.23. The number of thioether (sulfide) groups is 1. The molecule has 0 aliphatic carbocycles. The molecule has 7 nitrogen and oxygen atoms in total. The summed E-state index contributed by atoms with van der Waals surface area (Å²) in [6, 6.07) is 16.1. The number of aliphatic hydroxyl groups is 2. The second-order valence-corrected chi connectivity index (χ2v) is 7.65. The van der Waals surface area contributed by atoms with Crippen molar-refractivity contribution in [2.24, 2.45) is 11.6 Å². The van der Waals surface area contributed by atoms with Gasteiger partial charge in [-0.05, 0) is 55.3 Å². The Balaban J connectivity index is 0. The molecule has 1 aliphatic heterocycles. The molecule has 1 aliphatic rings. The van der Waals surface area contributed by atoms with Crippen molar-refractivity contribution in [2.75, 3.05) is 33.7 Å². The van der Waals surface area contributed by atoms with Crippen LogP contribution in [0.1, 0.15) is 43.4 Å². The van der Waals surface area contributed by atoms with Crippen LogP contribution in [-0.2, 0) is 10.5 Å². The lowest BCUT2D eigenvalue weighted by Gasteiger charge is -2.15. The van der Waals surface area contributed by atoms with Crippen molar-refractivity contribution in [3.05, 3.63) is 71.4 Å². The molecule has 1 unspecified atom stereocenters. The predicted molar refractivity (Wildman–Crippen MR) is 146 cm³/mol. The summed E-state index contributed by atoms with van der Waals surface area (Å²) in [4.78, 5) is 0. The zero-order valence-electron chi connectivity index (χ0n) is 21.6. The van der Waals surface area contributed by atoms with E-state index in [1.807, 2.05) is 68.9 Å². The standard InChI is InChI=1S/C9H13N3.C9H12OS.C5H10O2.C2H6.CH4O/c1-7-3-2-4-8(5-7)9(10)6-12-11;1-10-9-5-3-8(4-6-9)7-11-2;6-5-2-1-3-7-4-5;2*1-2/h2-6,12H,10-11H2,1H3;3-6H,7H2,1-2H3;5-6H,1-4H2;1-2H3;2H,1H3/b9-6-;;;;. The average Bonchev–Trinajstić information content (AvgIpc) is 2.88. The minimum atomic E-state index is -0.186. The largest absolute Gasteiger partial charge is 0.497 e. The van der Waals surface area contributed by atoms with E-state index in [4.69, 9.17) is 31.3 Å². The Kier molecular flexibility index (Phi) is 23.9. The fourth-order valence-corrected chi connectivity index (χ4v) is 3.14. The van der Waals surface area contributed by atoms with Gasteiger partial charge in [0.2, 0.25) is 0 Å². The lowest BCUT2D eigenvalue weighted by molar-refractivity contribution is -0.00535. The van der Waals surface area contributed by atoms with E-state index in [0.29, 0.717) is 12.3 Å². The van der Waals surface area contributed by atoms with E-state index in [1.165, 1.54) is 11.1 Å². The van der Waals surface area contributed by atoms with Crippen molar-refractivity contribution < 1.29 is 19.7 Å². The molecule has 8 heteroatoms. The number of nitrogens with two attached hydrogens (primary N) is 2. The van der Waals surface area contributed by atoms with Gasteiger partial charge in [-0.25, -0.2) is 0 Å². The average molecular weight is 496 g/mol. The van der Waals surface area contributed by atoms with E-state index in [-0.39, 0.29) is 6.10 Å². The fourth-order valence-electron chi connectivity index (χ4n) is 2.61. The van der Waals surface area contributed by atoms with Crippen molar-refractivity contribution in [1.29, 1.82) is 0 Å². The molecule has 1 fully saturated rings.